The molecule has 0 aromatic heterocycles. The highest BCUT2D eigenvalue weighted by molar-refractivity contribution is 4.79. The summed E-state index contributed by atoms with van der Waals surface area (Å²) in [6, 6.07) is 0. The molecule has 0 rings (SSSR count). The van der Waals surface area contributed by atoms with E-state index in [1.165, 1.54) is 0 Å². The highest BCUT2D eigenvalue weighted by Crippen LogP contribution is 1.98. The Labute approximate surface area is 68.6 Å². The molecule has 0 aliphatic carbocycles. The average molecular weight is 159 g/mol. The van der Waals surface area contributed by atoms with Crippen LogP contribution in [-0.2, 0) is 9.47 Å². The van der Waals surface area contributed by atoms with E-state index in [0.717, 1.165) is 6.42 Å². The van der Waals surface area contributed by atoms with Crippen LogP contribution in [0.4, 0.5) is 0 Å². The molecule has 3 heteroatoms. The lowest BCUT2D eigenvalue weighted by Gasteiger charge is -2.10. The number of hydrogen-bond acceptors (Lipinski definition) is 3. The molecule has 0 amide bonds. The van der Waals surface area contributed by atoms with Crippen molar-refractivity contribution in [3.05, 3.63) is 12.3 Å². The van der Waals surface area contributed by atoms with Crippen LogP contribution >= 0.6 is 0 Å². The third-order valence-corrected chi connectivity index (χ3v) is 1.26. The summed E-state index contributed by atoms with van der Waals surface area (Å²) in [4.78, 5) is 1.97. The zero-order valence-electron chi connectivity index (χ0n) is 7.70. The van der Waals surface area contributed by atoms with E-state index in [1.54, 1.807) is 14.2 Å². The molecule has 0 saturated heterocycles. The van der Waals surface area contributed by atoms with Crippen molar-refractivity contribution in [2.45, 2.75) is 12.7 Å². The van der Waals surface area contributed by atoms with Crippen LogP contribution in [-0.4, -0.2) is 39.5 Å². The largest absolute Gasteiger partial charge is 0.384 e. The Morgan fingerprint density at radius 3 is 2.18 bits per heavy atom. The fraction of sp³-hybridized carbons (Fsp3) is 0.750. The Balaban J connectivity index is 3.49. The standard InChI is InChI=1S/C8H17NO2/c1-9(2)7-5-6-8(10-3)11-4/h5,7-8H,6H2,1-4H3. The SMILES string of the molecule is COC(CC=CN(C)C)OC. The van der Waals surface area contributed by atoms with Crippen molar-refractivity contribution in [3.8, 4) is 0 Å². The van der Waals surface area contributed by atoms with Gasteiger partial charge in [-0.2, -0.15) is 0 Å². The topological polar surface area (TPSA) is 21.7 Å². The van der Waals surface area contributed by atoms with Gasteiger partial charge in [-0.05, 0) is 6.20 Å². The van der Waals surface area contributed by atoms with Gasteiger partial charge in [0.25, 0.3) is 0 Å². The van der Waals surface area contributed by atoms with Crippen molar-refractivity contribution in [2.75, 3.05) is 28.3 Å². The molecule has 0 atom stereocenters. The predicted octanol–water partition coefficient (Wildman–Crippen LogP) is 1.07. The van der Waals surface area contributed by atoms with Crippen LogP contribution in [0, 0.1) is 0 Å². The van der Waals surface area contributed by atoms with E-state index in [9.17, 15) is 0 Å². The lowest BCUT2D eigenvalue weighted by Crippen LogP contribution is -2.11. The third kappa shape index (κ3) is 5.88. The number of nitrogens with zero attached hydrogens (tertiary/aromatic N) is 1. The second-order valence-electron chi connectivity index (χ2n) is 2.49. The number of rotatable bonds is 5. The van der Waals surface area contributed by atoms with Gasteiger partial charge in [0.1, 0.15) is 0 Å². The Morgan fingerprint density at radius 2 is 1.82 bits per heavy atom. The number of methoxy groups -OCH3 is 2. The molecular formula is C8H17NO2. The first kappa shape index (κ1) is 10.5. The van der Waals surface area contributed by atoms with Gasteiger partial charge >= 0.3 is 0 Å². The smallest absolute Gasteiger partial charge is 0.160 e. The molecule has 0 N–H and O–H groups in total. The fourth-order valence-corrected chi connectivity index (χ4v) is 0.671. The number of ether oxygens (including phenoxy) is 2. The van der Waals surface area contributed by atoms with E-state index in [2.05, 4.69) is 0 Å². The average Bonchev–Trinajstić information content (AvgIpc) is 1.98. The van der Waals surface area contributed by atoms with Gasteiger partial charge in [-0.3, -0.25) is 0 Å². The number of hydrogen-bond donors (Lipinski definition) is 0. The molecule has 0 radical (unpaired) electrons. The van der Waals surface area contributed by atoms with Gasteiger partial charge in [0, 0.05) is 34.7 Å². The predicted molar refractivity (Wildman–Crippen MR) is 45.3 cm³/mol. The maximum atomic E-state index is 4.99. The summed E-state index contributed by atoms with van der Waals surface area (Å²) in [5.74, 6) is 0. The van der Waals surface area contributed by atoms with Crippen molar-refractivity contribution in [3.63, 3.8) is 0 Å². The highest BCUT2D eigenvalue weighted by Gasteiger charge is 1.99. The molecule has 0 fully saturated rings. The molecule has 0 aromatic carbocycles. The van der Waals surface area contributed by atoms with Gasteiger partial charge in [0.2, 0.25) is 0 Å². The summed E-state index contributed by atoms with van der Waals surface area (Å²) >= 11 is 0. The Hall–Kier alpha value is -0.540. The maximum Gasteiger partial charge on any atom is 0.160 e. The van der Waals surface area contributed by atoms with E-state index in [0.29, 0.717) is 0 Å². The molecule has 0 aromatic rings. The molecule has 0 unspecified atom stereocenters. The second-order valence-corrected chi connectivity index (χ2v) is 2.49. The van der Waals surface area contributed by atoms with E-state index in [-0.39, 0.29) is 6.29 Å². The monoisotopic (exact) mass is 159 g/mol. The summed E-state index contributed by atoms with van der Waals surface area (Å²) in [6.45, 7) is 0. The van der Waals surface area contributed by atoms with Crippen molar-refractivity contribution in [2.24, 2.45) is 0 Å². The summed E-state index contributed by atoms with van der Waals surface area (Å²) < 4.78 is 9.98. The van der Waals surface area contributed by atoms with E-state index < -0.39 is 0 Å². The summed E-state index contributed by atoms with van der Waals surface area (Å²) in [7, 11) is 7.23. The van der Waals surface area contributed by atoms with Gasteiger partial charge in [-0.15, -0.1) is 0 Å². The summed E-state index contributed by atoms with van der Waals surface area (Å²) in [5, 5.41) is 0. The van der Waals surface area contributed by atoms with Crippen molar-refractivity contribution < 1.29 is 9.47 Å². The normalized spacial score (nSPS) is 11.4. The molecule has 0 bridgehead atoms. The zero-order chi connectivity index (χ0) is 8.69. The molecule has 3 nitrogen and oxygen atoms in total. The Bertz CT molecular complexity index is 109. The van der Waals surface area contributed by atoms with Crippen molar-refractivity contribution in [1.29, 1.82) is 0 Å². The lowest BCUT2D eigenvalue weighted by molar-refractivity contribution is -0.0987. The van der Waals surface area contributed by atoms with Crippen LogP contribution in [0.25, 0.3) is 0 Å². The molecule has 66 valence electrons. The van der Waals surface area contributed by atoms with Crippen LogP contribution in [0.3, 0.4) is 0 Å². The minimum absolute atomic E-state index is 0.119. The van der Waals surface area contributed by atoms with Gasteiger partial charge in [0.15, 0.2) is 6.29 Å². The first-order valence-corrected chi connectivity index (χ1v) is 3.59. The summed E-state index contributed by atoms with van der Waals surface area (Å²) in [5.41, 5.74) is 0. The van der Waals surface area contributed by atoms with Gasteiger partial charge in [0.05, 0.1) is 0 Å². The molecule has 0 aliphatic heterocycles. The van der Waals surface area contributed by atoms with E-state index in [1.807, 2.05) is 31.3 Å². The quantitative estimate of drug-likeness (QED) is 0.560. The molecule has 0 heterocycles. The second kappa shape index (κ2) is 6.19. The van der Waals surface area contributed by atoms with Crippen LogP contribution in [0.5, 0.6) is 0 Å². The van der Waals surface area contributed by atoms with Crippen molar-refractivity contribution in [1.82, 2.24) is 4.90 Å². The Kier molecular flexibility index (Phi) is 5.88. The molecular weight excluding hydrogens is 142 g/mol. The van der Waals surface area contributed by atoms with E-state index in [4.69, 9.17) is 9.47 Å². The van der Waals surface area contributed by atoms with E-state index >= 15 is 0 Å². The first-order chi connectivity index (χ1) is 5.20. The van der Waals surface area contributed by atoms with Gasteiger partial charge in [-0.25, -0.2) is 0 Å². The highest BCUT2D eigenvalue weighted by atomic mass is 16.7. The minimum Gasteiger partial charge on any atom is -0.384 e. The van der Waals surface area contributed by atoms with Crippen LogP contribution in [0.2, 0.25) is 0 Å². The molecule has 0 aliphatic rings. The van der Waals surface area contributed by atoms with Gasteiger partial charge in [-0.1, -0.05) is 6.08 Å². The van der Waals surface area contributed by atoms with Crippen LogP contribution in [0.15, 0.2) is 12.3 Å². The molecule has 0 spiro atoms. The van der Waals surface area contributed by atoms with Gasteiger partial charge < -0.3 is 14.4 Å². The minimum atomic E-state index is -0.119. The Morgan fingerprint density at radius 1 is 1.27 bits per heavy atom. The molecule has 0 saturated carbocycles. The van der Waals surface area contributed by atoms with Crippen LogP contribution < -0.4 is 0 Å². The summed E-state index contributed by atoms with van der Waals surface area (Å²) in [6.07, 6.45) is 4.65. The fourth-order valence-electron chi connectivity index (χ4n) is 0.671. The maximum absolute atomic E-state index is 4.99. The lowest BCUT2D eigenvalue weighted by atomic mass is 10.4. The molecule has 11 heavy (non-hydrogen) atoms. The van der Waals surface area contributed by atoms with Crippen molar-refractivity contribution >= 4 is 0 Å². The third-order valence-electron chi connectivity index (χ3n) is 1.26. The van der Waals surface area contributed by atoms with Crippen LogP contribution in [0.1, 0.15) is 6.42 Å². The zero-order valence-corrected chi connectivity index (χ0v) is 7.70. The first-order valence-electron chi connectivity index (χ1n) is 3.59.